The van der Waals surface area contributed by atoms with Crippen LogP contribution in [0, 0.1) is 18.7 Å². The lowest BCUT2D eigenvalue weighted by molar-refractivity contribution is -0.169. The Kier molecular flexibility index (Phi) is 5.21. The second kappa shape index (κ2) is 7.45. The highest BCUT2D eigenvalue weighted by Gasteiger charge is 2.74. The highest BCUT2D eigenvalue weighted by Crippen LogP contribution is 2.64. The molecule has 2 aromatic rings. The van der Waals surface area contributed by atoms with Crippen LogP contribution in [0.1, 0.15) is 17.5 Å². The average molecular weight is 441 g/mol. The molecule has 1 aliphatic heterocycles. The van der Waals surface area contributed by atoms with Crippen LogP contribution in [0.4, 0.5) is 23.2 Å². The van der Waals surface area contributed by atoms with Crippen molar-refractivity contribution < 1.29 is 22.4 Å². The summed E-state index contributed by atoms with van der Waals surface area (Å²) in [5.74, 6) is -2.26. The first-order valence-electron chi connectivity index (χ1n) is 9.76. The van der Waals surface area contributed by atoms with Gasteiger partial charge in [-0.1, -0.05) is 29.8 Å². The number of amides is 1. The van der Waals surface area contributed by atoms with Crippen LogP contribution in [-0.2, 0) is 10.2 Å². The molecule has 4 rings (SSSR count). The van der Waals surface area contributed by atoms with Crippen molar-refractivity contribution in [2.45, 2.75) is 24.9 Å². The van der Waals surface area contributed by atoms with Crippen molar-refractivity contribution in [3.63, 3.8) is 0 Å². The molecule has 1 saturated heterocycles. The molecule has 160 valence electrons. The number of carbonyl (C=O) groups excluding carboxylic acids is 1. The molecule has 2 aliphatic rings. The van der Waals surface area contributed by atoms with Gasteiger partial charge in [-0.3, -0.25) is 4.79 Å². The van der Waals surface area contributed by atoms with Crippen molar-refractivity contribution in [2.75, 3.05) is 31.1 Å². The Morgan fingerprint density at radius 2 is 1.70 bits per heavy atom. The molecule has 2 aromatic carbocycles. The minimum atomic E-state index is -4.58. The third-order valence-corrected chi connectivity index (χ3v) is 6.46. The van der Waals surface area contributed by atoms with Gasteiger partial charge in [0, 0.05) is 36.9 Å². The fourth-order valence-corrected chi connectivity index (χ4v) is 4.58. The van der Waals surface area contributed by atoms with Crippen LogP contribution >= 0.6 is 11.6 Å². The van der Waals surface area contributed by atoms with Gasteiger partial charge in [0.05, 0.1) is 5.92 Å². The number of nitrogens with zero attached hydrogens (tertiary/aromatic N) is 2. The van der Waals surface area contributed by atoms with Crippen LogP contribution in [0.15, 0.2) is 42.5 Å². The predicted octanol–water partition coefficient (Wildman–Crippen LogP) is 4.96. The van der Waals surface area contributed by atoms with Gasteiger partial charge in [0.2, 0.25) is 5.91 Å². The monoisotopic (exact) mass is 440 g/mol. The predicted molar refractivity (Wildman–Crippen MR) is 107 cm³/mol. The summed E-state index contributed by atoms with van der Waals surface area (Å²) in [7, 11) is 0. The van der Waals surface area contributed by atoms with Gasteiger partial charge in [0.15, 0.2) is 0 Å². The number of piperazine rings is 1. The first-order chi connectivity index (χ1) is 14.1. The Bertz CT molecular complexity index is 955. The number of alkyl halides is 3. The highest BCUT2D eigenvalue weighted by molar-refractivity contribution is 6.30. The number of hydrogen-bond acceptors (Lipinski definition) is 2. The maximum Gasteiger partial charge on any atom is 0.399 e. The van der Waals surface area contributed by atoms with Gasteiger partial charge in [-0.15, -0.1) is 0 Å². The summed E-state index contributed by atoms with van der Waals surface area (Å²) in [6.45, 7) is 3.70. The minimum Gasteiger partial charge on any atom is -0.368 e. The van der Waals surface area contributed by atoms with E-state index in [1.54, 1.807) is 6.07 Å². The van der Waals surface area contributed by atoms with Crippen molar-refractivity contribution in [3.05, 3.63) is 64.4 Å². The lowest BCUT2D eigenvalue weighted by Crippen LogP contribution is -2.50. The number of halogens is 5. The van der Waals surface area contributed by atoms with E-state index in [4.69, 9.17) is 11.6 Å². The zero-order valence-electron chi connectivity index (χ0n) is 16.3. The summed E-state index contributed by atoms with van der Waals surface area (Å²) >= 11 is 6.09. The molecule has 0 aromatic heterocycles. The maximum absolute atomic E-state index is 13.9. The Balaban J connectivity index is 1.48. The van der Waals surface area contributed by atoms with E-state index >= 15 is 0 Å². The highest BCUT2D eigenvalue weighted by atomic mass is 35.5. The van der Waals surface area contributed by atoms with E-state index in [2.05, 4.69) is 4.90 Å². The van der Waals surface area contributed by atoms with Crippen LogP contribution < -0.4 is 4.90 Å². The van der Waals surface area contributed by atoms with Crippen molar-refractivity contribution in [1.29, 1.82) is 0 Å². The number of hydrogen-bond donors (Lipinski definition) is 0. The van der Waals surface area contributed by atoms with E-state index in [0.29, 0.717) is 31.2 Å². The molecule has 0 spiro atoms. The van der Waals surface area contributed by atoms with Crippen LogP contribution in [0.25, 0.3) is 0 Å². The molecule has 0 N–H and O–H groups in total. The fourth-order valence-electron chi connectivity index (χ4n) is 4.42. The molecular formula is C22H21ClF4N2O. The molecule has 3 nitrogen and oxygen atoms in total. The summed E-state index contributed by atoms with van der Waals surface area (Å²) in [5.41, 5.74) is -0.257. The van der Waals surface area contributed by atoms with Crippen LogP contribution in [0.3, 0.4) is 0 Å². The zero-order chi connectivity index (χ0) is 21.7. The summed E-state index contributed by atoms with van der Waals surface area (Å²) in [5, 5.41) is 0.612. The Morgan fingerprint density at radius 1 is 1.07 bits per heavy atom. The van der Waals surface area contributed by atoms with Gasteiger partial charge in [-0.25, -0.2) is 4.39 Å². The number of aryl methyl sites for hydroxylation is 1. The normalized spacial score (nSPS) is 24.1. The van der Waals surface area contributed by atoms with Crippen molar-refractivity contribution in [3.8, 4) is 0 Å². The van der Waals surface area contributed by atoms with Gasteiger partial charge in [-0.2, -0.15) is 13.2 Å². The molecule has 0 bridgehead atoms. The summed E-state index contributed by atoms with van der Waals surface area (Å²) in [6.07, 6.45) is -4.88. The van der Waals surface area contributed by atoms with Crippen molar-refractivity contribution in [2.24, 2.45) is 5.92 Å². The van der Waals surface area contributed by atoms with Crippen LogP contribution in [0.2, 0.25) is 5.02 Å². The lowest BCUT2D eigenvalue weighted by atomic mass is 9.92. The number of rotatable bonds is 3. The van der Waals surface area contributed by atoms with Crippen LogP contribution in [-0.4, -0.2) is 43.2 Å². The van der Waals surface area contributed by atoms with Crippen molar-refractivity contribution >= 4 is 23.2 Å². The summed E-state index contributed by atoms with van der Waals surface area (Å²) < 4.78 is 55.0. The molecule has 1 heterocycles. The molecular weight excluding hydrogens is 420 g/mol. The topological polar surface area (TPSA) is 23.6 Å². The Hall–Kier alpha value is -2.28. The van der Waals surface area contributed by atoms with Crippen molar-refractivity contribution in [1.82, 2.24) is 4.90 Å². The van der Waals surface area contributed by atoms with Gasteiger partial charge in [0.25, 0.3) is 0 Å². The zero-order valence-corrected chi connectivity index (χ0v) is 17.1. The van der Waals surface area contributed by atoms with E-state index in [1.807, 2.05) is 19.1 Å². The second-order valence-corrected chi connectivity index (χ2v) is 8.41. The van der Waals surface area contributed by atoms with Gasteiger partial charge in [0.1, 0.15) is 11.2 Å². The quantitative estimate of drug-likeness (QED) is 0.630. The molecule has 0 radical (unpaired) electrons. The Morgan fingerprint density at radius 3 is 2.30 bits per heavy atom. The molecule has 0 unspecified atom stereocenters. The molecule has 1 saturated carbocycles. The Labute approximate surface area is 177 Å². The second-order valence-electron chi connectivity index (χ2n) is 7.98. The van der Waals surface area contributed by atoms with E-state index in [-0.39, 0.29) is 12.0 Å². The largest absolute Gasteiger partial charge is 0.399 e. The summed E-state index contributed by atoms with van der Waals surface area (Å²) in [4.78, 5) is 16.5. The summed E-state index contributed by atoms with van der Waals surface area (Å²) in [6, 6.07) is 9.87. The molecule has 1 amide bonds. The van der Waals surface area contributed by atoms with E-state index in [9.17, 15) is 22.4 Å². The standard InChI is InChI=1S/C22H21ClF4N2O/c1-14-2-5-16(23)12-19(14)28-8-10-29(11-9-28)20(30)18-13-21(18,22(25,26)27)15-3-6-17(24)7-4-15/h2-7,12,18H,8-11,13H2,1H3/t18-,21-/m0/s1. The molecule has 2 fully saturated rings. The van der Waals surface area contributed by atoms with E-state index in [0.717, 1.165) is 35.5 Å². The minimum absolute atomic E-state index is 0.0528. The first kappa shape index (κ1) is 21.0. The molecule has 30 heavy (non-hydrogen) atoms. The van der Waals surface area contributed by atoms with E-state index in [1.165, 1.54) is 4.90 Å². The lowest BCUT2D eigenvalue weighted by Gasteiger charge is -2.37. The smallest absolute Gasteiger partial charge is 0.368 e. The van der Waals surface area contributed by atoms with Gasteiger partial charge < -0.3 is 9.80 Å². The van der Waals surface area contributed by atoms with Gasteiger partial charge in [-0.05, 0) is 48.7 Å². The van der Waals surface area contributed by atoms with E-state index < -0.39 is 29.2 Å². The molecule has 2 atom stereocenters. The SMILES string of the molecule is Cc1ccc(Cl)cc1N1CCN(C(=O)[C@@H]2C[C@@]2(c2ccc(F)cc2)C(F)(F)F)CC1. The maximum atomic E-state index is 13.9. The van der Waals surface area contributed by atoms with Crippen LogP contribution in [0.5, 0.6) is 0 Å². The third kappa shape index (κ3) is 3.53. The van der Waals surface area contributed by atoms with Gasteiger partial charge >= 0.3 is 6.18 Å². The fraction of sp³-hybridized carbons (Fsp3) is 0.409. The average Bonchev–Trinajstić information content (AvgIpc) is 3.47. The molecule has 1 aliphatic carbocycles. The number of carbonyl (C=O) groups is 1. The molecule has 8 heteroatoms. The number of anilines is 1. The third-order valence-electron chi connectivity index (χ3n) is 6.23. The first-order valence-corrected chi connectivity index (χ1v) is 10.1. The number of benzene rings is 2.